The van der Waals surface area contributed by atoms with Crippen LogP contribution in [-0.2, 0) is 10.2 Å². The van der Waals surface area contributed by atoms with Gasteiger partial charge in [-0.2, -0.15) is 0 Å². The zero-order valence-electron chi connectivity index (χ0n) is 14.4. The Hall–Kier alpha value is -2.43. The lowest BCUT2D eigenvalue weighted by Crippen LogP contribution is -2.45. The zero-order chi connectivity index (χ0) is 17.1. The number of amides is 1. The summed E-state index contributed by atoms with van der Waals surface area (Å²) < 4.78 is 0. The molecule has 0 bridgehead atoms. The minimum Gasteiger partial charge on any atom is -0.355 e. The molecule has 2 aliphatic rings. The third kappa shape index (κ3) is 3.50. The van der Waals surface area contributed by atoms with Crippen molar-refractivity contribution in [2.45, 2.75) is 31.1 Å². The molecule has 5 heteroatoms. The van der Waals surface area contributed by atoms with Gasteiger partial charge in [0.25, 0.3) is 0 Å². The van der Waals surface area contributed by atoms with Crippen molar-refractivity contribution in [2.24, 2.45) is 5.92 Å². The van der Waals surface area contributed by atoms with E-state index in [1.54, 1.807) is 12.4 Å². The first-order chi connectivity index (χ1) is 12.3. The van der Waals surface area contributed by atoms with E-state index in [1.807, 2.05) is 12.1 Å². The van der Waals surface area contributed by atoms with Gasteiger partial charge in [-0.25, -0.2) is 9.97 Å². The summed E-state index contributed by atoms with van der Waals surface area (Å²) in [6.45, 7) is 2.37. The van der Waals surface area contributed by atoms with Gasteiger partial charge in [0.1, 0.15) is 0 Å². The molecular formula is C20H24N4O. The number of carbonyl (C=O) groups is 1. The maximum Gasteiger partial charge on any atom is 0.225 e. The summed E-state index contributed by atoms with van der Waals surface area (Å²) in [7, 11) is 0. The molecule has 1 aliphatic carbocycles. The summed E-state index contributed by atoms with van der Waals surface area (Å²) in [5.41, 5.74) is 1.51. The van der Waals surface area contributed by atoms with Crippen LogP contribution in [0, 0.1) is 5.92 Å². The molecule has 5 nitrogen and oxygen atoms in total. The predicted molar refractivity (Wildman–Crippen MR) is 97.3 cm³/mol. The topological polar surface area (TPSA) is 58.1 Å². The van der Waals surface area contributed by atoms with Crippen LogP contribution < -0.4 is 10.2 Å². The lowest BCUT2D eigenvalue weighted by molar-refractivity contribution is -0.125. The minimum absolute atomic E-state index is 0.0177. The predicted octanol–water partition coefficient (Wildman–Crippen LogP) is 2.54. The largest absolute Gasteiger partial charge is 0.355 e. The molecule has 2 fully saturated rings. The van der Waals surface area contributed by atoms with Gasteiger partial charge in [-0.15, -0.1) is 0 Å². The highest BCUT2D eigenvalue weighted by Crippen LogP contribution is 2.47. The lowest BCUT2D eigenvalue weighted by atomic mass is 9.94. The van der Waals surface area contributed by atoms with Crippen molar-refractivity contribution in [3.05, 3.63) is 54.4 Å². The van der Waals surface area contributed by atoms with Crippen LogP contribution in [0.4, 0.5) is 5.95 Å². The Labute approximate surface area is 148 Å². The summed E-state index contributed by atoms with van der Waals surface area (Å²) in [5.74, 6) is 0.912. The molecule has 130 valence electrons. The summed E-state index contributed by atoms with van der Waals surface area (Å²) in [6.07, 6.45) is 7.76. The van der Waals surface area contributed by atoms with E-state index in [9.17, 15) is 4.79 Å². The van der Waals surface area contributed by atoms with Crippen LogP contribution in [-0.4, -0.2) is 35.5 Å². The molecule has 1 N–H and O–H groups in total. The van der Waals surface area contributed by atoms with Gasteiger partial charge in [-0.3, -0.25) is 4.79 Å². The van der Waals surface area contributed by atoms with Crippen molar-refractivity contribution in [1.29, 1.82) is 0 Å². The van der Waals surface area contributed by atoms with Gasteiger partial charge in [-0.05, 0) is 37.3 Å². The van der Waals surface area contributed by atoms with Crippen molar-refractivity contribution in [1.82, 2.24) is 15.3 Å². The average Bonchev–Trinajstić information content (AvgIpc) is 3.49. The maximum atomic E-state index is 12.7. The highest BCUT2D eigenvalue weighted by molar-refractivity contribution is 5.79. The van der Waals surface area contributed by atoms with Crippen LogP contribution in [0.25, 0.3) is 0 Å². The average molecular weight is 336 g/mol. The molecule has 1 aliphatic heterocycles. The number of anilines is 1. The first-order valence-electron chi connectivity index (χ1n) is 9.12. The van der Waals surface area contributed by atoms with Crippen molar-refractivity contribution in [3.8, 4) is 0 Å². The van der Waals surface area contributed by atoms with Gasteiger partial charge in [0.15, 0.2) is 0 Å². The van der Waals surface area contributed by atoms with Crippen LogP contribution in [0.15, 0.2) is 48.8 Å². The van der Waals surface area contributed by atoms with E-state index in [1.165, 1.54) is 5.56 Å². The van der Waals surface area contributed by atoms with Crippen molar-refractivity contribution in [3.63, 3.8) is 0 Å². The second kappa shape index (κ2) is 6.82. The van der Waals surface area contributed by atoms with E-state index < -0.39 is 0 Å². The van der Waals surface area contributed by atoms with E-state index in [0.29, 0.717) is 6.54 Å². The van der Waals surface area contributed by atoms with E-state index in [-0.39, 0.29) is 17.2 Å². The van der Waals surface area contributed by atoms with Crippen LogP contribution >= 0.6 is 0 Å². The van der Waals surface area contributed by atoms with Crippen LogP contribution in [0.5, 0.6) is 0 Å². The molecule has 1 saturated heterocycles. The number of piperidine rings is 1. The Morgan fingerprint density at radius 2 is 1.92 bits per heavy atom. The summed E-state index contributed by atoms with van der Waals surface area (Å²) in [6, 6.07) is 12.4. The molecule has 1 aromatic carbocycles. The Bertz CT molecular complexity index is 715. The third-order valence-electron chi connectivity index (χ3n) is 5.47. The normalized spacial score (nSPS) is 21.6. The van der Waals surface area contributed by atoms with Gasteiger partial charge in [-0.1, -0.05) is 30.3 Å². The molecule has 0 spiro atoms. The quantitative estimate of drug-likeness (QED) is 0.912. The van der Waals surface area contributed by atoms with Crippen molar-refractivity contribution >= 4 is 11.9 Å². The number of carbonyl (C=O) groups excluding carboxylic acids is 1. The molecule has 1 saturated carbocycles. The smallest absolute Gasteiger partial charge is 0.225 e. The van der Waals surface area contributed by atoms with Gasteiger partial charge >= 0.3 is 0 Å². The number of nitrogens with one attached hydrogen (secondary N) is 1. The molecule has 2 heterocycles. The number of benzene rings is 1. The molecular weight excluding hydrogens is 312 g/mol. The van der Waals surface area contributed by atoms with Crippen molar-refractivity contribution in [2.75, 3.05) is 24.5 Å². The maximum absolute atomic E-state index is 12.7. The first kappa shape index (κ1) is 16.1. The molecule has 25 heavy (non-hydrogen) atoms. The molecule has 1 aromatic heterocycles. The Kier molecular flexibility index (Phi) is 4.38. The Morgan fingerprint density at radius 1 is 1.16 bits per heavy atom. The van der Waals surface area contributed by atoms with Gasteiger partial charge < -0.3 is 10.2 Å². The molecule has 1 atom stereocenters. The number of hydrogen-bond donors (Lipinski definition) is 1. The molecule has 2 aromatic rings. The van der Waals surface area contributed by atoms with E-state index in [0.717, 1.165) is 44.7 Å². The number of aromatic nitrogens is 2. The van der Waals surface area contributed by atoms with E-state index in [4.69, 9.17) is 0 Å². The van der Waals surface area contributed by atoms with Crippen LogP contribution in [0.3, 0.4) is 0 Å². The van der Waals surface area contributed by atoms with E-state index in [2.05, 4.69) is 44.5 Å². The third-order valence-corrected chi connectivity index (χ3v) is 5.47. The molecule has 1 unspecified atom stereocenters. The van der Waals surface area contributed by atoms with Gasteiger partial charge in [0.05, 0.1) is 5.92 Å². The van der Waals surface area contributed by atoms with E-state index >= 15 is 0 Å². The summed E-state index contributed by atoms with van der Waals surface area (Å²) >= 11 is 0. The molecule has 4 rings (SSSR count). The first-order valence-corrected chi connectivity index (χ1v) is 9.12. The fraction of sp³-hybridized carbons (Fsp3) is 0.450. The summed E-state index contributed by atoms with van der Waals surface area (Å²) in [4.78, 5) is 23.5. The zero-order valence-corrected chi connectivity index (χ0v) is 14.4. The van der Waals surface area contributed by atoms with Crippen LogP contribution in [0.1, 0.15) is 31.2 Å². The molecule has 1 amide bonds. The van der Waals surface area contributed by atoms with Crippen LogP contribution in [0.2, 0.25) is 0 Å². The monoisotopic (exact) mass is 336 g/mol. The lowest BCUT2D eigenvalue weighted by Gasteiger charge is -2.32. The van der Waals surface area contributed by atoms with Gasteiger partial charge in [0.2, 0.25) is 11.9 Å². The Morgan fingerprint density at radius 3 is 2.64 bits per heavy atom. The van der Waals surface area contributed by atoms with Gasteiger partial charge in [0, 0.05) is 37.4 Å². The fourth-order valence-corrected chi connectivity index (χ4v) is 3.74. The highest BCUT2D eigenvalue weighted by atomic mass is 16.1. The second-order valence-corrected chi connectivity index (χ2v) is 7.20. The number of nitrogens with zero attached hydrogens (tertiary/aromatic N) is 3. The standard InChI is InChI=1S/C20H24N4O/c25-18(23-15-20(9-10-20)17-7-2-1-3-8-17)16-6-4-13-24(14-16)19-21-11-5-12-22-19/h1-3,5,7-8,11-12,16H,4,6,9-10,13-15H2,(H,23,25). The molecule has 0 radical (unpaired) electrons. The number of hydrogen-bond acceptors (Lipinski definition) is 4. The minimum atomic E-state index is 0.0177. The highest BCUT2D eigenvalue weighted by Gasteiger charge is 2.44. The summed E-state index contributed by atoms with van der Waals surface area (Å²) in [5, 5.41) is 3.22. The fourth-order valence-electron chi connectivity index (χ4n) is 3.74. The van der Waals surface area contributed by atoms with Crippen molar-refractivity contribution < 1.29 is 4.79 Å². The SMILES string of the molecule is O=C(NCC1(c2ccccc2)CC1)C1CCCN(c2ncccn2)C1. The number of rotatable bonds is 5. The Balaban J connectivity index is 1.35. The second-order valence-electron chi connectivity index (χ2n) is 7.20.